The molecular formula is C39H25BN2O4. The van der Waals surface area contributed by atoms with E-state index >= 15 is 0 Å². The summed E-state index contributed by atoms with van der Waals surface area (Å²) in [6.45, 7) is 5.73. The van der Waals surface area contributed by atoms with Crippen molar-refractivity contribution in [3.8, 4) is 28.7 Å². The Morgan fingerprint density at radius 3 is 2.15 bits per heavy atom. The average Bonchev–Trinajstić information content (AvgIpc) is 3.81. The van der Waals surface area contributed by atoms with Gasteiger partial charge in [0.1, 0.15) is 34.1 Å². The van der Waals surface area contributed by atoms with E-state index in [-0.39, 0.29) is 6.71 Å². The molecule has 46 heavy (non-hydrogen) atoms. The predicted molar refractivity (Wildman–Crippen MR) is 183 cm³/mol. The summed E-state index contributed by atoms with van der Waals surface area (Å²) >= 11 is 0. The number of benzene rings is 5. The van der Waals surface area contributed by atoms with Crippen LogP contribution in [-0.4, -0.2) is 15.7 Å². The van der Waals surface area contributed by atoms with E-state index < -0.39 is 11.8 Å². The zero-order chi connectivity index (χ0) is 32.0. The van der Waals surface area contributed by atoms with Crippen molar-refractivity contribution in [2.24, 2.45) is 5.41 Å². The van der Waals surface area contributed by atoms with Gasteiger partial charge in [-0.15, -0.1) is 0 Å². The molecule has 0 atom stereocenters. The Labute approximate surface area is 265 Å². The van der Waals surface area contributed by atoms with E-state index in [0.29, 0.717) is 22.6 Å². The lowest BCUT2D eigenvalue weighted by Crippen LogP contribution is -2.60. The molecule has 9 aromatic rings. The first kappa shape index (κ1) is 22.0. The highest BCUT2D eigenvalue weighted by Crippen LogP contribution is 2.50. The van der Waals surface area contributed by atoms with Crippen LogP contribution in [-0.2, 0) is 6.37 Å². The minimum atomic E-state index is -1.77. The molecule has 6 nitrogen and oxygen atoms in total. The maximum atomic E-state index is 9.89. The second-order valence-corrected chi connectivity index (χ2v) is 13.8. The Hall–Kier alpha value is -5.56. The molecule has 0 spiro atoms. The van der Waals surface area contributed by atoms with Gasteiger partial charge in [-0.1, -0.05) is 69.3 Å². The van der Waals surface area contributed by atoms with E-state index in [4.69, 9.17) is 18.3 Å². The fraction of sp³-hybridized carbons (Fsp3) is 0.128. The van der Waals surface area contributed by atoms with Crippen LogP contribution in [0.15, 0.2) is 93.8 Å². The van der Waals surface area contributed by atoms with E-state index in [1.165, 1.54) is 0 Å². The first-order valence-corrected chi connectivity index (χ1v) is 15.7. The third-order valence-electron chi connectivity index (χ3n) is 10.00. The van der Waals surface area contributed by atoms with Gasteiger partial charge in [-0.05, 0) is 53.6 Å². The molecule has 12 rings (SSSR count). The molecule has 3 aliphatic heterocycles. The fourth-order valence-corrected chi connectivity index (χ4v) is 8.49. The van der Waals surface area contributed by atoms with Crippen LogP contribution < -0.4 is 25.9 Å². The zero-order valence-corrected chi connectivity index (χ0v) is 25.2. The Bertz CT molecular complexity index is 2990. The molecule has 3 aliphatic rings. The van der Waals surface area contributed by atoms with Crippen LogP contribution in [0.4, 0.5) is 0 Å². The summed E-state index contributed by atoms with van der Waals surface area (Å²) < 4.78 is 51.2. The van der Waals surface area contributed by atoms with Crippen molar-refractivity contribution in [1.82, 2.24) is 8.97 Å². The van der Waals surface area contributed by atoms with Crippen LogP contribution in [0, 0.1) is 5.41 Å². The normalized spacial score (nSPS) is 15.3. The Kier molecular flexibility index (Phi) is 3.57. The van der Waals surface area contributed by atoms with Crippen molar-refractivity contribution in [1.29, 1.82) is 0 Å². The molecule has 0 bridgehead atoms. The Balaban J connectivity index is 1.45. The van der Waals surface area contributed by atoms with Gasteiger partial charge in [-0.25, -0.2) is 0 Å². The van der Waals surface area contributed by atoms with E-state index in [0.717, 1.165) is 88.7 Å². The van der Waals surface area contributed by atoms with Crippen LogP contribution in [0.1, 0.15) is 29.1 Å². The molecule has 7 heterocycles. The molecule has 0 radical (unpaired) electrons. The third-order valence-corrected chi connectivity index (χ3v) is 10.00. The van der Waals surface area contributed by atoms with Gasteiger partial charge in [0.15, 0.2) is 11.3 Å². The number of imidazole rings is 1. The van der Waals surface area contributed by atoms with Gasteiger partial charge in [-0.3, -0.25) is 8.97 Å². The smallest absolute Gasteiger partial charge is 0.266 e. The van der Waals surface area contributed by atoms with Crippen molar-refractivity contribution in [3.05, 3.63) is 90.5 Å². The summed E-state index contributed by atoms with van der Waals surface area (Å²) in [6, 6.07) is 28.2. The average molecular weight is 598 g/mol. The number of aromatic nitrogens is 2. The van der Waals surface area contributed by atoms with Crippen LogP contribution in [0.2, 0.25) is 0 Å². The maximum absolute atomic E-state index is 9.89. The predicted octanol–water partition coefficient (Wildman–Crippen LogP) is 8.31. The van der Waals surface area contributed by atoms with Gasteiger partial charge in [0, 0.05) is 35.7 Å². The number of para-hydroxylation sites is 2. The zero-order valence-electron chi connectivity index (χ0n) is 27.2. The van der Waals surface area contributed by atoms with Crippen molar-refractivity contribution in [3.63, 3.8) is 0 Å². The second kappa shape index (κ2) is 7.45. The summed E-state index contributed by atoms with van der Waals surface area (Å²) in [5.74, 6) is 3.00. The van der Waals surface area contributed by atoms with Crippen LogP contribution >= 0.6 is 0 Å². The van der Waals surface area contributed by atoms with Crippen molar-refractivity contribution in [2.45, 2.75) is 27.1 Å². The lowest BCUT2D eigenvalue weighted by Gasteiger charge is -2.37. The highest BCUT2D eigenvalue weighted by atomic mass is 16.5. The molecule has 4 aromatic heterocycles. The van der Waals surface area contributed by atoms with Crippen LogP contribution in [0.3, 0.4) is 0 Å². The van der Waals surface area contributed by atoms with Gasteiger partial charge >= 0.3 is 0 Å². The molecule has 0 unspecified atom stereocenters. The maximum Gasteiger partial charge on any atom is 0.266 e. The Morgan fingerprint density at radius 1 is 0.696 bits per heavy atom. The summed E-state index contributed by atoms with van der Waals surface area (Å²) in [4.78, 5) is 0. The summed E-state index contributed by atoms with van der Waals surface area (Å²) in [5, 5.41) is 3.55. The summed E-state index contributed by atoms with van der Waals surface area (Å²) in [5.41, 5.74) is 9.22. The first-order chi connectivity index (χ1) is 23.2. The number of ether oxygens (including phenoxy) is 2. The number of hydrogen-bond donors (Lipinski definition) is 0. The first-order valence-electron chi connectivity index (χ1n) is 16.7. The molecule has 5 aromatic carbocycles. The summed E-state index contributed by atoms with van der Waals surface area (Å²) in [7, 11) is 0. The monoisotopic (exact) mass is 598 g/mol. The standard InChI is InChI=1S/C39H25BN2O4/c1-39(2,3)18-21-28-19-10-4-7-14-24(19)46-38(28)42-33-29-20-11-5-6-13-23(20)44-35(29)36-32-34(33)41(37(21)42)22-12-8-15-25-30(22)40(32)31-26(43-25)16-9-17-27(31)45-36/h4-17H,18H2,1-3H3/i18D2. The van der Waals surface area contributed by atoms with Crippen molar-refractivity contribution in [2.75, 3.05) is 0 Å². The largest absolute Gasteiger partial charge is 0.458 e. The highest BCUT2D eigenvalue weighted by Gasteiger charge is 2.48. The lowest BCUT2D eigenvalue weighted by atomic mass is 9.33. The van der Waals surface area contributed by atoms with Crippen molar-refractivity contribution < 1.29 is 21.0 Å². The fourth-order valence-electron chi connectivity index (χ4n) is 8.49. The lowest BCUT2D eigenvalue weighted by molar-refractivity contribution is 0.413. The number of furan rings is 2. The van der Waals surface area contributed by atoms with Gasteiger partial charge in [0.05, 0.1) is 21.8 Å². The van der Waals surface area contributed by atoms with Gasteiger partial charge < -0.3 is 18.3 Å². The Morgan fingerprint density at radius 2 is 1.37 bits per heavy atom. The number of nitrogens with zero attached hydrogens (tertiary/aromatic N) is 2. The minimum absolute atomic E-state index is 0.166. The molecule has 0 saturated heterocycles. The van der Waals surface area contributed by atoms with E-state index in [1.807, 2.05) is 93.6 Å². The molecule has 0 saturated carbocycles. The third kappa shape index (κ3) is 2.55. The van der Waals surface area contributed by atoms with Gasteiger partial charge in [0.25, 0.3) is 6.71 Å². The number of rotatable bonds is 1. The topological polar surface area (TPSA) is 54.1 Å². The van der Waals surface area contributed by atoms with E-state index in [1.54, 1.807) is 0 Å². The molecule has 0 N–H and O–H groups in total. The van der Waals surface area contributed by atoms with E-state index in [9.17, 15) is 2.74 Å². The molecule has 218 valence electrons. The van der Waals surface area contributed by atoms with Gasteiger partial charge in [0.2, 0.25) is 5.71 Å². The minimum Gasteiger partial charge on any atom is -0.458 e. The van der Waals surface area contributed by atoms with Crippen LogP contribution in [0.25, 0.3) is 66.4 Å². The van der Waals surface area contributed by atoms with Crippen molar-refractivity contribution >= 4 is 83.8 Å². The molecule has 0 amide bonds. The molecule has 0 fully saturated rings. The highest BCUT2D eigenvalue weighted by molar-refractivity contribution is 7.00. The van der Waals surface area contributed by atoms with Gasteiger partial charge in [-0.2, -0.15) is 0 Å². The summed E-state index contributed by atoms with van der Waals surface area (Å²) in [6.07, 6.45) is -1.77. The second-order valence-electron chi connectivity index (χ2n) is 13.8. The van der Waals surface area contributed by atoms with E-state index in [2.05, 4.69) is 21.1 Å². The quantitative estimate of drug-likeness (QED) is 0.178. The molecular weight excluding hydrogens is 571 g/mol. The SMILES string of the molecule is [2H]C([2H])(c1c2c3ccccc3oc2n2c3c4c(oc5ccccc54)c4c5c3n(c12)-c1cccc2c1B5c1c(cccc1O4)O2)C(C)(C)C. The van der Waals surface area contributed by atoms with Crippen LogP contribution in [0.5, 0.6) is 23.0 Å². The number of fused-ring (bicyclic) bond motifs is 13. The molecule has 7 heteroatoms. The molecule has 0 aliphatic carbocycles. The number of hydrogen-bond acceptors (Lipinski definition) is 4.